The van der Waals surface area contributed by atoms with Crippen molar-refractivity contribution in [1.29, 1.82) is 0 Å². The van der Waals surface area contributed by atoms with Crippen LogP contribution >= 0.6 is 0 Å². The van der Waals surface area contributed by atoms with Crippen LogP contribution in [0.4, 0.5) is 0 Å². The molecule has 0 aliphatic rings. The first kappa shape index (κ1) is 20.9. The van der Waals surface area contributed by atoms with Crippen LogP contribution in [0, 0.1) is 11.8 Å². The molecule has 0 heterocycles. The van der Waals surface area contributed by atoms with Crippen molar-refractivity contribution in [3.63, 3.8) is 0 Å². The van der Waals surface area contributed by atoms with E-state index in [1.807, 2.05) is 0 Å². The fourth-order valence-electron chi connectivity index (χ4n) is 2.33. The molecule has 0 bridgehead atoms. The van der Waals surface area contributed by atoms with Crippen molar-refractivity contribution >= 4 is 0 Å². The topological polar surface area (TPSA) is 18.5 Å². The van der Waals surface area contributed by atoms with E-state index in [2.05, 4.69) is 27.7 Å². The molecule has 2 heteroatoms. The van der Waals surface area contributed by atoms with Crippen molar-refractivity contribution in [2.45, 2.75) is 85.5 Å². The van der Waals surface area contributed by atoms with Gasteiger partial charge in [0.1, 0.15) is 0 Å². The summed E-state index contributed by atoms with van der Waals surface area (Å²) in [5, 5.41) is 0. The minimum absolute atomic E-state index is 0.807. The number of rotatable bonds is 16. The Morgan fingerprint density at radius 1 is 0.476 bits per heavy atom. The second kappa shape index (κ2) is 16.3. The first-order valence-corrected chi connectivity index (χ1v) is 9.28. The minimum Gasteiger partial charge on any atom is -0.381 e. The molecule has 0 aromatic rings. The summed E-state index contributed by atoms with van der Waals surface area (Å²) in [5.41, 5.74) is 0. The van der Waals surface area contributed by atoms with Gasteiger partial charge in [-0.1, -0.05) is 47.0 Å². The van der Waals surface area contributed by atoms with E-state index in [-0.39, 0.29) is 0 Å². The van der Waals surface area contributed by atoms with Gasteiger partial charge in [-0.2, -0.15) is 0 Å². The molecule has 0 aliphatic carbocycles. The number of ether oxygens (including phenoxy) is 2. The Bertz CT molecular complexity index is 170. The zero-order valence-electron chi connectivity index (χ0n) is 15.2. The lowest BCUT2D eigenvalue weighted by Gasteiger charge is -2.07. The van der Waals surface area contributed by atoms with Gasteiger partial charge in [0.15, 0.2) is 0 Å². The Balaban J connectivity index is 2.96. The van der Waals surface area contributed by atoms with Crippen LogP contribution in [-0.4, -0.2) is 26.4 Å². The smallest absolute Gasteiger partial charge is 0.0466 e. The van der Waals surface area contributed by atoms with Crippen LogP contribution in [0.1, 0.15) is 85.5 Å². The lowest BCUT2D eigenvalue weighted by molar-refractivity contribution is 0.119. The molecule has 128 valence electrons. The summed E-state index contributed by atoms with van der Waals surface area (Å²) in [6.45, 7) is 12.9. The molecule has 0 aromatic heterocycles. The first-order chi connectivity index (χ1) is 10.1. The van der Waals surface area contributed by atoms with Crippen molar-refractivity contribution in [1.82, 2.24) is 0 Å². The number of hydrogen-bond acceptors (Lipinski definition) is 2. The highest BCUT2D eigenvalue weighted by molar-refractivity contribution is 4.48. The van der Waals surface area contributed by atoms with Crippen LogP contribution in [0.3, 0.4) is 0 Å². The van der Waals surface area contributed by atoms with Gasteiger partial charge in [0.25, 0.3) is 0 Å². The van der Waals surface area contributed by atoms with E-state index in [0.717, 1.165) is 38.3 Å². The molecule has 0 amide bonds. The van der Waals surface area contributed by atoms with E-state index in [4.69, 9.17) is 9.47 Å². The predicted octanol–water partition coefficient (Wildman–Crippen LogP) is 5.84. The largest absolute Gasteiger partial charge is 0.381 e. The van der Waals surface area contributed by atoms with E-state index in [1.165, 1.54) is 57.8 Å². The monoisotopic (exact) mass is 300 g/mol. The molecule has 0 aromatic carbocycles. The Kier molecular flexibility index (Phi) is 16.2. The summed E-state index contributed by atoms with van der Waals surface area (Å²) in [6, 6.07) is 0. The van der Waals surface area contributed by atoms with Crippen molar-refractivity contribution in [3.05, 3.63) is 0 Å². The highest BCUT2D eigenvalue weighted by Crippen LogP contribution is 2.07. The molecular formula is C19H40O2. The molecule has 0 radical (unpaired) electrons. The quantitative estimate of drug-likeness (QED) is 0.333. The first-order valence-electron chi connectivity index (χ1n) is 9.28. The third kappa shape index (κ3) is 19.9. The van der Waals surface area contributed by atoms with Gasteiger partial charge in [-0.05, 0) is 50.4 Å². The zero-order valence-corrected chi connectivity index (χ0v) is 15.2. The molecule has 0 saturated carbocycles. The fourth-order valence-corrected chi connectivity index (χ4v) is 2.33. The highest BCUT2D eigenvalue weighted by Gasteiger charge is 1.96. The molecule has 0 atom stereocenters. The van der Waals surface area contributed by atoms with E-state index >= 15 is 0 Å². The molecule has 0 unspecified atom stereocenters. The predicted molar refractivity (Wildman–Crippen MR) is 92.9 cm³/mol. The van der Waals surface area contributed by atoms with Crippen molar-refractivity contribution < 1.29 is 9.47 Å². The van der Waals surface area contributed by atoms with E-state index in [9.17, 15) is 0 Å². The van der Waals surface area contributed by atoms with Gasteiger partial charge in [-0.3, -0.25) is 0 Å². The Labute approximate surface area is 134 Å². The molecule has 0 aliphatic heterocycles. The number of hydrogen-bond donors (Lipinski definition) is 0. The van der Waals surface area contributed by atoms with Crippen LogP contribution in [0.5, 0.6) is 0 Å². The van der Waals surface area contributed by atoms with E-state index < -0.39 is 0 Å². The van der Waals surface area contributed by atoms with Crippen LogP contribution in [0.15, 0.2) is 0 Å². The molecule has 0 N–H and O–H groups in total. The maximum Gasteiger partial charge on any atom is 0.0466 e. The zero-order chi connectivity index (χ0) is 15.8. The fraction of sp³-hybridized carbons (Fsp3) is 1.00. The molecule has 2 nitrogen and oxygen atoms in total. The molecule has 0 rings (SSSR count). The molecular weight excluding hydrogens is 260 g/mol. The van der Waals surface area contributed by atoms with Gasteiger partial charge in [0, 0.05) is 26.4 Å². The summed E-state index contributed by atoms with van der Waals surface area (Å²) in [4.78, 5) is 0. The third-order valence-corrected chi connectivity index (χ3v) is 3.72. The van der Waals surface area contributed by atoms with Crippen molar-refractivity contribution in [3.8, 4) is 0 Å². The second-order valence-corrected chi connectivity index (χ2v) is 7.06. The van der Waals surface area contributed by atoms with Gasteiger partial charge in [-0.15, -0.1) is 0 Å². The van der Waals surface area contributed by atoms with Crippen LogP contribution in [0.2, 0.25) is 0 Å². The third-order valence-electron chi connectivity index (χ3n) is 3.72. The average molecular weight is 301 g/mol. The maximum atomic E-state index is 5.65. The van der Waals surface area contributed by atoms with Crippen molar-refractivity contribution in [2.24, 2.45) is 11.8 Å². The lowest BCUT2D eigenvalue weighted by Crippen LogP contribution is -2.00. The van der Waals surface area contributed by atoms with E-state index in [0.29, 0.717) is 0 Å². The summed E-state index contributed by atoms with van der Waals surface area (Å²) in [5.74, 6) is 1.61. The average Bonchev–Trinajstić information content (AvgIpc) is 2.42. The maximum absolute atomic E-state index is 5.65. The minimum atomic E-state index is 0.807. The molecule has 21 heavy (non-hydrogen) atoms. The van der Waals surface area contributed by atoms with Crippen LogP contribution < -0.4 is 0 Å². The Morgan fingerprint density at radius 3 is 1.19 bits per heavy atom. The van der Waals surface area contributed by atoms with Gasteiger partial charge in [0.2, 0.25) is 0 Å². The summed E-state index contributed by atoms with van der Waals surface area (Å²) < 4.78 is 11.3. The highest BCUT2D eigenvalue weighted by atomic mass is 16.5. The van der Waals surface area contributed by atoms with Crippen LogP contribution in [-0.2, 0) is 9.47 Å². The van der Waals surface area contributed by atoms with Gasteiger partial charge in [0.05, 0.1) is 0 Å². The van der Waals surface area contributed by atoms with E-state index in [1.54, 1.807) is 0 Å². The summed E-state index contributed by atoms with van der Waals surface area (Å²) >= 11 is 0. The SMILES string of the molecule is CC(C)CCCOCCCCCCCOCCCC(C)C. The van der Waals surface area contributed by atoms with Gasteiger partial charge < -0.3 is 9.47 Å². The lowest BCUT2D eigenvalue weighted by atomic mass is 10.1. The van der Waals surface area contributed by atoms with Crippen LogP contribution in [0.25, 0.3) is 0 Å². The molecule has 0 saturated heterocycles. The number of unbranched alkanes of at least 4 members (excludes halogenated alkanes) is 4. The standard InChI is InChI=1S/C19H40O2/c1-18(2)12-10-16-20-14-8-6-5-7-9-15-21-17-11-13-19(3)4/h18-19H,5-17H2,1-4H3. The second-order valence-electron chi connectivity index (χ2n) is 7.06. The normalized spacial score (nSPS) is 11.7. The van der Waals surface area contributed by atoms with Gasteiger partial charge >= 0.3 is 0 Å². The van der Waals surface area contributed by atoms with Crippen molar-refractivity contribution in [2.75, 3.05) is 26.4 Å². The Hall–Kier alpha value is -0.0800. The molecule has 0 fully saturated rings. The van der Waals surface area contributed by atoms with Gasteiger partial charge in [-0.25, -0.2) is 0 Å². The summed E-state index contributed by atoms with van der Waals surface area (Å²) in [6.07, 6.45) is 11.4. The Morgan fingerprint density at radius 2 is 0.810 bits per heavy atom. The molecule has 0 spiro atoms. The summed E-state index contributed by atoms with van der Waals surface area (Å²) in [7, 11) is 0.